The highest BCUT2D eigenvalue weighted by Crippen LogP contribution is 2.21. The number of thioether (sulfide) groups is 1. The molecule has 0 radical (unpaired) electrons. The van der Waals surface area contributed by atoms with Crippen molar-refractivity contribution in [2.45, 2.75) is 52.3 Å². The van der Waals surface area contributed by atoms with Gasteiger partial charge in [0.2, 0.25) is 5.91 Å². The zero-order chi connectivity index (χ0) is 21.4. The van der Waals surface area contributed by atoms with E-state index in [0.29, 0.717) is 25.3 Å². The molecule has 0 unspecified atom stereocenters. The van der Waals surface area contributed by atoms with E-state index >= 15 is 0 Å². The molecule has 0 aliphatic rings. The quantitative estimate of drug-likeness (QED) is 0.618. The molecule has 1 aromatic carbocycles. The summed E-state index contributed by atoms with van der Waals surface area (Å²) in [5.74, 6) is 0.801. The maximum atomic E-state index is 13.0. The largest absolute Gasteiger partial charge is 0.383 e. The van der Waals surface area contributed by atoms with Crippen LogP contribution in [0.3, 0.4) is 0 Å². The monoisotopic (exact) mass is 418 g/mol. The summed E-state index contributed by atoms with van der Waals surface area (Å²) in [6.45, 7) is 6.74. The third-order valence-electron chi connectivity index (χ3n) is 4.71. The molecule has 0 saturated carbocycles. The summed E-state index contributed by atoms with van der Waals surface area (Å²) in [4.78, 5) is 41.3. The van der Waals surface area contributed by atoms with Gasteiger partial charge in [-0.2, -0.15) is 0 Å². The van der Waals surface area contributed by atoms with Crippen LogP contribution in [-0.4, -0.2) is 27.8 Å². The predicted octanol–water partition coefficient (Wildman–Crippen LogP) is 2.90. The second kappa shape index (κ2) is 10.9. The van der Waals surface area contributed by atoms with Gasteiger partial charge < -0.3 is 10.6 Å². The fraction of sp³-hybridized carbons (Fsp3) is 0.476. The van der Waals surface area contributed by atoms with Gasteiger partial charge in [-0.1, -0.05) is 44.5 Å². The maximum Gasteiger partial charge on any atom is 0.330 e. The summed E-state index contributed by atoms with van der Waals surface area (Å²) >= 11 is 1.50. The van der Waals surface area contributed by atoms with Gasteiger partial charge in [0.25, 0.3) is 5.56 Å². The minimum Gasteiger partial charge on any atom is -0.383 e. The first-order valence-electron chi connectivity index (χ1n) is 9.95. The van der Waals surface area contributed by atoms with Gasteiger partial charge in [-0.3, -0.25) is 19.1 Å². The molecule has 0 bridgehead atoms. The van der Waals surface area contributed by atoms with Crippen molar-refractivity contribution in [2.75, 3.05) is 22.9 Å². The Morgan fingerprint density at radius 2 is 1.93 bits per heavy atom. The van der Waals surface area contributed by atoms with E-state index in [-0.39, 0.29) is 23.2 Å². The lowest BCUT2D eigenvalue weighted by Crippen LogP contribution is -2.42. The highest BCUT2D eigenvalue weighted by Gasteiger charge is 2.23. The highest BCUT2D eigenvalue weighted by molar-refractivity contribution is 7.99. The molecule has 0 aliphatic carbocycles. The van der Waals surface area contributed by atoms with Gasteiger partial charge in [0.05, 0.1) is 5.75 Å². The Hall–Kier alpha value is -2.48. The van der Waals surface area contributed by atoms with Crippen LogP contribution in [0.2, 0.25) is 0 Å². The van der Waals surface area contributed by atoms with Crippen LogP contribution in [0.4, 0.5) is 11.5 Å². The summed E-state index contributed by atoms with van der Waals surface area (Å²) in [7, 11) is 0. The van der Waals surface area contributed by atoms with Crippen molar-refractivity contribution in [2.24, 2.45) is 0 Å². The van der Waals surface area contributed by atoms with E-state index in [4.69, 9.17) is 5.73 Å². The van der Waals surface area contributed by atoms with Crippen LogP contribution in [0.1, 0.15) is 44.2 Å². The Labute approximate surface area is 175 Å². The highest BCUT2D eigenvalue weighted by atomic mass is 32.2. The lowest BCUT2D eigenvalue weighted by molar-refractivity contribution is -0.116. The minimum atomic E-state index is -0.617. The Bertz CT molecular complexity index is 952. The number of H-pyrrole nitrogens is 1. The van der Waals surface area contributed by atoms with E-state index in [0.717, 1.165) is 12.8 Å². The minimum absolute atomic E-state index is 0.0500. The average molecular weight is 419 g/mol. The van der Waals surface area contributed by atoms with Crippen LogP contribution in [0, 0.1) is 6.92 Å². The molecule has 1 aromatic heterocycles. The molecule has 29 heavy (non-hydrogen) atoms. The molecule has 3 N–H and O–H groups in total. The van der Waals surface area contributed by atoms with Crippen molar-refractivity contribution >= 4 is 29.2 Å². The van der Waals surface area contributed by atoms with Gasteiger partial charge >= 0.3 is 5.69 Å². The number of unbranched alkanes of at least 4 members (excludes halogenated alkanes) is 1. The Morgan fingerprint density at radius 1 is 1.21 bits per heavy atom. The van der Waals surface area contributed by atoms with Gasteiger partial charge in [0.15, 0.2) is 5.69 Å². The van der Waals surface area contributed by atoms with E-state index < -0.39 is 11.2 Å². The van der Waals surface area contributed by atoms with E-state index in [2.05, 4.69) is 4.98 Å². The van der Waals surface area contributed by atoms with Crippen molar-refractivity contribution in [1.29, 1.82) is 0 Å². The van der Waals surface area contributed by atoms with Crippen LogP contribution in [0.15, 0.2) is 33.9 Å². The molecular formula is C21H30N4O3S. The van der Waals surface area contributed by atoms with Crippen molar-refractivity contribution in [3.63, 3.8) is 0 Å². The molecule has 0 fully saturated rings. The topological polar surface area (TPSA) is 101 Å². The van der Waals surface area contributed by atoms with E-state index in [1.807, 2.05) is 45.0 Å². The second-order valence-corrected chi connectivity index (χ2v) is 7.95. The number of hydrogen-bond acceptors (Lipinski definition) is 5. The molecule has 7 nitrogen and oxygen atoms in total. The van der Waals surface area contributed by atoms with E-state index in [1.165, 1.54) is 32.4 Å². The normalized spacial score (nSPS) is 10.9. The molecule has 0 aliphatic heterocycles. The van der Waals surface area contributed by atoms with Crippen LogP contribution >= 0.6 is 11.8 Å². The Morgan fingerprint density at radius 3 is 2.59 bits per heavy atom. The van der Waals surface area contributed by atoms with Crippen LogP contribution in [0.25, 0.3) is 0 Å². The molecule has 1 amide bonds. The third kappa shape index (κ3) is 5.76. The van der Waals surface area contributed by atoms with Crippen molar-refractivity contribution in [3.05, 3.63) is 56.2 Å². The number of amides is 1. The molecule has 1 heterocycles. The zero-order valence-electron chi connectivity index (χ0n) is 17.4. The van der Waals surface area contributed by atoms with Crippen LogP contribution in [0.5, 0.6) is 0 Å². The predicted molar refractivity (Wildman–Crippen MR) is 121 cm³/mol. The Balaban J connectivity index is 2.25. The first-order chi connectivity index (χ1) is 13.9. The number of aromatic nitrogens is 2. The van der Waals surface area contributed by atoms with E-state index in [1.54, 1.807) is 0 Å². The number of benzene rings is 1. The number of hydrogen-bond donors (Lipinski definition) is 2. The number of carbonyl (C=O) groups excluding carboxylic acids is 1. The summed E-state index contributed by atoms with van der Waals surface area (Å²) in [6, 6.07) is 8.06. The summed E-state index contributed by atoms with van der Waals surface area (Å²) in [5.41, 5.74) is 7.44. The fourth-order valence-corrected chi connectivity index (χ4v) is 4.04. The maximum absolute atomic E-state index is 13.0. The fourth-order valence-electron chi connectivity index (χ4n) is 3.06. The van der Waals surface area contributed by atoms with Crippen LogP contribution < -0.4 is 21.9 Å². The third-order valence-corrected chi connectivity index (χ3v) is 5.68. The van der Waals surface area contributed by atoms with Gasteiger partial charge in [-0.05, 0) is 30.9 Å². The molecule has 8 heteroatoms. The van der Waals surface area contributed by atoms with Gasteiger partial charge in [0, 0.05) is 18.8 Å². The average Bonchev–Trinajstić information content (AvgIpc) is 2.68. The number of nitrogens with two attached hydrogens (primary N) is 1. The Kier molecular flexibility index (Phi) is 8.57. The second-order valence-electron chi connectivity index (χ2n) is 6.96. The molecule has 2 rings (SSSR count). The number of carbonyl (C=O) groups is 1. The SMILES string of the molecule is CCCCN(C(=O)CSCc1ccccc1C)c1c(N)n(CCC)c(=O)[nH]c1=O. The first kappa shape index (κ1) is 22.8. The number of anilines is 2. The molecule has 2 aromatic rings. The van der Waals surface area contributed by atoms with Crippen molar-refractivity contribution in [3.8, 4) is 0 Å². The standard InChI is InChI=1S/C21H30N4O3S/c1-4-6-12-24(17(26)14-29-13-16-10-8-7-9-15(16)3)18-19(22)25(11-5-2)21(28)23-20(18)27/h7-10H,4-6,11-14,22H2,1-3H3,(H,23,27,28). The molecule has 0 saturated heterocycles. The molecule has 0 atom stereocenters. The number of aryl methyl sites for hydroxylation is 1. The summed E-state index contributed by atoms with van der Waals surface area (Å²) in [5, 5.41) is 0. The number of rotatable bonds is 10. The van der Waals surface area contributed by atoms with Gasteiger partial charge in [-0.15, -0.1) is 11.8 Å². The number of nitrogens with zero attached hydrogens (tertiary/aromatic N) is 2. The smallest absolute Gasteiger partial charge is 0.330 e. The van der Waals surface area contributed by atoms with Gasteiger partial charge in [0.1, 0.15) is 5.82 Å². The van der Waals surface area contributed by atoms with Crippen molar-refractivity contribution in [1.82, 2.24) is 9.55 Å². The lowest BCUT2D eigenvalue weighted by Gasteiger charge is -2.24. The zero-order valence-corrected chi connectivity index (χ0v) is 18.2. The lowest BCUT2D eigenvalue weighted by atomic mass is 10.1. The number of nitrogen functional groups attached to an aromatic ring is 1. The number of aromatic amines is 1. The molecular weight excluding hydrogens is 388 g/mol. The van der Waals surface area contributed by atoms with E-state index in [9.17, 15) is 14.4 Å². The van der Waals surface area contributed by atoms with Crippen LogP contribution in [-0.2, 0) is 17.1 Å². The molecule has 158 valence electrons. The number of nitrogens with one attached hydrogen (secondary N) is 1. The van der Waals surface area contributed by atoms with Crippen molar-refractivity contribution < 1.29 is 4.79 Å². The first-order valence-corrected chi connectivity index (χ1v) is 11.1. The summed E-state index contributed by atoms with van der Waals surface area (Å²) in [6.07, 6.45) is 2.29. The molecule has 0 spiro atoms. The summed E-state index contributed by atoms with van der Waals surface area (Å²) < 4.78 is 1.32. The van der Waals surface area contributed by atoms with Gasteiger partial charge in [-0.25, -0.2) is 4.79 Å².